The van der Waals surface area contributed by atoms with Crippen molar-refractivity contribution in [1.82, 2.24) is 15.6 Å². The molecule has 1 aromatic carbocycles. The van der Waals surface area contributed by atoms with Crippen molar-refractivity contribution in [2.24, 2.45) is 4.99 Å². The van der Waals surface area contributed by atoms with Crippen LogP contribution in [0.25, 0.3) is 10.8 Å². The van der Waals surface area contributed by atoms with Crippen molar-refractivity contribution in [3.63, 3.8) is 0 Å². The first-order chi connectivity index (χ1) is 13.6. The van der Waals surface area contributed by atoms with E-state index in [9.17, 15) is 4.39 Å². The predicted molar refractivity (Wildman–Crippen MR) is 109 cm³/mol. The summed E-state index contributed by atoms with van der Waals surface area (Å²) in [6.45, 7) is 5.61. The first-order valence-electron chi connectivity index (χ1n) is 9.06. The van der Waals surface area contributed by atoms with Crippen LogP contribution in [-0.2, 0) is 6.54 Å². The lowest BCUT2D eigenvalue weighted by Crippen LogP contribution is -2.41. The van der Waals surface area contributed by atoms with E-state index in [2.05, 4.69) is 20.6 Å². The Morgan fingerprint density at radius 1 is 1.29 bits per heavy atom. The number of oxazole rings is 1. The second-order valence-corrected chi connectivity index (χ2v) is 7.03. The Morgan fingerprint density at radius 3 is 2.82 bits per heavy atom. The van der Waals surface area contributed by atoms with E-state index in [4.69, 9.17) is 9.15 Å². The summed E-state index contributed by atoms with van der Waals surface area (Å²) in [5, 5.41) is 8.42. The first-order valence-corrected chi connectivity index (χ1v) is 9.94. The lowest BCUT2D eigenvalue weighted by Gasteiger charge is -2.17. The summed E-state index contributed by atoms with van der Waals surface area (Å²) in [6, 6.07) is 9.91. The molecule has 6 nitrogen and oxygen atoms in total. The van der Waals surface area contributed by atoms with Gasteiger partial charge in [0.05, 0.1) is 18.0 Å². The highest BCUT2D eigenvalue weighted by Gasteiger charge is 2.09. The summed E-state index contributed by atoms with van der Waals surface area (Å²) in [7, 11) is 0. The molecule has 1 unspecified atom stereocenters. The maximum atomic E-state index is 13.0. The molecular weight excluding hydrogens is 379 g/mol. The van der Waals surface area contributed by atoms with Gasteiger partial charge in [-0.3, -0.25) is 0 Å². The third kappa shape index (κ3) is 5.82. The Labute approximate surface area is 167 Å². The summed E-state index contributed by atoms with van der Waals surface area (Å²) in [6.07, 6.45) is 1.51. The van der Waals surface area contributed by atoms with Crippen molar-refractivity contribution < 1.29 is 13.5 Å². The highest BCUT2D eigenvalue weighted by Crippen LogP contribution is 2.23. The van der Waals surface area contributed by atoms with Crippen LogP contribution in [0.2, 0.25) is 0 Å². The minimum absolute atomic E-state index is 0.119. The van der Waals surface area contributed by atoms with Gasteiger partial charge in [-0.25, -0.2) is 14.4 Å². The number of thiophene rings is 1. The minimum atomic E-state index is -0.283. The smallest absolute Gasteiger partial charge is 0.236 e. The maximum Gasteiger partial charge on any atom is 0.236 e. The minimum Gasteiger partial charge on any atom is -0.489 e. The number of ether oxygens (including phenoxy) is 1. The van der Waals surface area contributed by atoms with E-state index >= 15 is 0 Å². The largest absolute Gasteiger partial charge is 0.489 e. The van der Waals surface area contributed by atoms with E-state index in [1.165, 1.54) is 12.1 Å². The lowest BCUT2D eigenvalue weighted by molar-refractivity contribution is 0.223. The topological polar surface area (TPSA) is 71.7 Å². The summed E-state index contributed by atoms with van der Waals surface area (Å²) in [5.74, 6) is 1.62. The van der Waals surface area contributed by atoms with Crippen LogP contribution in [0.3, 0.4) is 0 Å². The molecule has 0 aliphatic heterocycles. The molecule has 0 spiro atoms. The average Bonchev–Trinajstić information content (AvgIpc) is 3.37. The zero-order chi connectivity index (χ0) is 19.8. The predicted octanol–water partition coefficient (Wildman–Crippen LogP) is 4.06. The summed E-state index contributed by atoms with van der Waals surface area (Å²) < 4.78 is 24.2. The van der Waals surface area contributed by atoms with E-state index in [-0.39, 0.29) is 11.9 Å². The van der Waals surface area contributed by atoms with Crippen LogP contribution < -0.4 is 15.4 Å². The molecule has 2 N–H and O–H groups in total. The molecule has 0 aliphatic carbocycles. The average molecular weight is 402 g/mol. The second kappa shape index (κ2) is 9.89. The van der Waals surface area contributed by atoms with Crippen molar-refractivity contribution in [2.45, 2.75) is 26.5 Å². The fourth-order valence-corrected chi connectivity index (χ4v) is 3.08. The zero-order valence-electron chi connectivity index (χ0n) is 15.8. The Morgan fingerprint density at radius 2 is 2.11 bits per heavy atom. The quantitative estimate of drug-likeness (QED) is 0.439. The summed E-state index contributed by atoms with van der Waals surface area (Å²) in [5.41, 5.74) is 0.760. The van der Waals surface area contributed by atoms with Gasteiger partial charge in [0.15, 0.2) is 5.96 Å². The molecule has 2 heterocycles. The number of aliphatic imine (C=N–C) groups is 1. The lowest BCUT2D eigenvalue weighted by atomic mass is 10.3. The number of aromatic nitrogens is 1. The van der Waals surface area contributed by atoms with Crippen molar-refractivity contribution in [3.8, 4) is 16.5 Å². The van der Waals surface area contributed by atoms with Gasteiger partial charge in [0.2, 0.25) is 5.89 Å². The number of nitrogens with one attached hydrogen (secondary N) is 2. The van der Waals surface area contributed by atoms with Crippen molar-refractivity contribution in [1.29, 1.82) is 0 Å². The number of guanidine groups is 1. The molecule has 28 heavy (non-hydrogen) atoms. The van der Waals surface area contributed by atoms with E-state index in [1.807, 2.05) is 31.4 Å². The fourth-order valence-electron chi connectivity index (χ4n) is 2.42. The van der Waals surface area contributed by atoms with Crippen molar-refractivity contribution in [3.05, 3.63) is 59.6 Å². The van der Waals surface area contributed by atoms with Crippen LogP contribution in [0, 0.1) is 5.82 Å². The van der Waals surface area contributed by atoms with Gasteiger partial charge in [-0.15, -0.1) is 11.3 Å². The normalized spacial score (nSPS) is 12.6. The van der Waals surface area contributed by atoms with Crippen LogP contribution in [0.15, 0.2) is 57.5 Å². The molecule has 0 aliphatic rings. The van der Waals surface area contributed by atoms with Crippen molar-refractivity contribution in [2.75, 3.05) is 13.1 Å². The second-order valence-electron chi connectivity index (χ2n) is 6.08. The van der Waals surface area contributed by atoms with E-state index < -0.39 is 0 Å². The molecule has 148 valence electrons. The number of nitrogens with zero attached hydrogens (tertiary/aromatic N) is 2. The molecule has 0 radical (unpaired) electrons. The fraction of sp³-hybridized carbons (Fsp3) is 0.300. The number of rotatable bonds is 8. The van der Waals surface area contributed by atoms with Gasteiger partial charge in [-0.05, 0) is 49.6 Å². The summed E-state index contributed by atoms with van der Waals surface area (Å²) in [4.78, 5) is 10.0. The third-order valence-corrected chi connectivity index (χ3v) is 4.59. The number of hydrogen-bond donors (Lipinski definition) is 2. The zero-order valence-corrected chi connectivity index (χ0v) is 16.6. The Balaban J connectivity index is 1.53. The van der Waals surface area contributed by atoms with E-state index in [1.54, 1.807) is 29.7 Å². The molecular formula is C20H23FN4O2S. The van der Waals surface area contributed by atoms with Crippen LogP contribution in [0.4, 0.5) is 4.39 Å². The van der Waals surface area contributed by atoms with Crippen LogP contribution in [0.5, 0.6) is 5.75 Å². The highest BCUT2D eigenvalue weighted by molar-refractivity contribution is 7.13. The van der Waals surface area contributed by atoms with Gasteiger partial charge in [-0.2, -0.15) is 0 Å². The number of hydrogen-bond acceptors (Lipinski definition) is 5. The number of halogens is 1. The Bertz CT molecular complexity index is 878. The molecule has 3 aromatic rings. The molecule has 0 saturated heterocycles. The first kappa shape index (κ1) is 19.9. The molecule has 0 fully saturated rings. The molecule has 8 heteroatoms. The van der Waals surface area contributed by atoms with E-state index in [0.717, 1.165) is 17.1 Å². The van der Waals surface area contributed by atoms with Crippen molar-refractivity contribution >= 4 is 17.3 Å². The van der Waals surface area contributed by atoms with Gasteiger partial charge in [-0.1, -0.05) is 6.07 Å². The Hall–Kier alpha value is -2.87. The molecule has 1 atom stereocenters. The van der Waals surface area contributed by atoms with Crippen LogP contribution in [-0.4, -0.2) is 30.1 Å². The molecule has 0 bridgehead atoms. The van der Waals surface area contributed by atoms with E-state index in [0.29, 0.717) is 30.7 Å². The SMILES string of the molecule is CCNC(=NCc1coc(-c2cccs2)n1)NCC(C)Oc1ccc(F)cc1. The van der Waals surface area contributed by atoms with Crippen LogP contribution >= 0.6 is 11.3 Å². The molecule has 0 amide bonds. The molecule has 0 saturated carbocycles. The monoisotopic (exact) mass is 402 g/mol. The van der Waals surface area contributed by atoms with Gasteiger partial charge in [0.1, 0.15) is 29.6 Å². The van der Waals surface area contributed by atoms with Gasteiger partial charge in [0.25, 0.3) is 0 Å². The van der Waals surface area contributed by atoms with Gasteiger partial charge >= 0.3 is 0 Å². The highest BCUT2D eigenvalue weighted by atomic mass is 32.1. The number of benzene rings is 1. The maximum absolute atomic E-state index is 13.0. The Kier molecular flexibility index (Phi) is 7.02. The third-order valence-electron chi connectivity index (χ3n) is 3.73. The standard InChI is InChI=1S/C20H23FN4O2S/c1-3-22-20(23-11-14(2)27-17-8-6-15(21)7-9-17)24-12-16-13-26-19(25-16)18-5-4-10-28-18/h4-10,13-14H,3,11-12H2,1-2H3,(H2,22,23,24). The molecule has 2 aromatic heterocycles. The summed E-state index contributed by atoms with van der Waals surface area (Å²) >= 11 is 1.58. The van der Waals surface area contributed by atoms with Gasteiger partial charge in [0, 0.05) is 6.54 Å². The van der Waals surface area contributed by atoms with Gasteiger partial charge < -0.3 is 19.8 Å². The molecule has 3 rings (SSSR count). The van der Waals surface area contributed by atoms with Crippen LogP contribution in [0.1, 0.15) is 19.5 Å².